The van der Waals surface area contributed by atoms with Crippen molar-refractivity contribution < 1.29 is 9.53 Å². The van der Waals surface area contributed by atoms with Gasteiger partial charge >= 0.3 is 0 Å². The van der Waals surface area contributed by atoms with Crippen LogP contribution in [0.15, 0.2) is 29.3 Å². The Labute approximate surface area is 172 Å². The molecule has 1 amide bonds. The highest BCUT2D eigenvalue weighted by Gasteiger charge is 2.17. The van der Waals surface area contributed by atoms with Crippen LogP contribution in [0.2, 0.25) is 0 Å². The van der Waals surface area contributed by atoms with Crippen LogP contribution in [-0.2, 0) is 11.3 Å². The Kier molecular flexibility index (Phi) is 8.48. The summed E-state index contributed by atoms with van der Waals surface area (Å²) in [5.74, 6) is 2.05. The second-order valence-electron chi connectivity index (χ2n) is 7.26. The molecule has 2 unspecified atom stereocenters. The summed E-state index contributed by atoms with van der Waals surface area (Å²) >= 11 is 2.04. The molecule has 0 aromatic heterocycles. The van der Waals surface area contributed by atoms with Crippen LogP contribution in [0, 0.1) is 0 Å². The van der Waals surface area contributed by atoms with Gasteiger partial charge in [-0.25, -0.2) is 4.99 Å². The lowest BCUT2D eigenvalue weighted by Gasteiger charge is -2.14. The number of amides is 1. The number of hydrogen-bond donors (Lipinski definition) is 3. The Morgan fingerprint density at radius 2 is 2.14 bits per heavy atom. The topological polar surface area (TPSA) is 74.8 Å². The van der Waals surface area contributed by atoms with Gasteiger partial charge in [0.25, 0.3) is 5.91 Å². The maximum Gasteiger partial charge on any atom is 0.251 e. The molecule has 2 aliphatic heterocycles. The van der Waals surface area contributed by atoms with Gasteiger partial charge in [0.2, 0.25) is 0 Å². The molecule has 6 nitrogen and oxygen atoms in total. The van der Waals surface area contributed by atoms with Crippen molar-refractivity contribution in [1.29, 1.82) is 0 Å². The van der Waals surface area contributed by atoms with Gasteiger partial charge in [0, 0.05) is 37.1 Å². The Bertz CT molecular complexity index is 656. The summed E-state index contributed by atoms with van der Waals surface area (Å²) in [5.41, 5.74) is 1.70. The standard InChI is InChI=1S/C21H32N4O2S/c1-2-22-21(25-15-19-9-5-11-28-19)24-13-16-6-3-7-17(12-16)20(26)23-14-18-8-4-10-27-18/h3,6-7,12,18-19H,2,4-5,8-11,13-15H2,1H3,(H,23,26)(H2,22,24,25). The number of nitrogens with zero attached hydrogens (tertiary/aromatic N) is 1. The molecular weight excluding hydrogens is 372 g/mol. The number of hydrogen-bond acceptors (Lipinski definition) is 4. The highest BCUT2D eigenvalue weighted by atomic mass is 32.2. The van der Waals surface area contributed by atoms with Crippen molar-refractivity contribution in [2.45, 2.75) is 50.5 Å². The van der Waals surface area contributed by atoms with Gasteiger partial charge in [-0.2, -0.15) is 11.8 Å². The first-order chi connectivity index (χ1) is 13.7. The molecule has 3 rings (SSSR count). The van der Waals surface area contributed by atoms with Crippen molar-refractivity contribution in [1.82, 2.24) is 16.0 Å². The third-order valence-electron chi connectivity index (χ3n) is 4.99. The number of rotatable bonds is 8. The summed E-state index contributed by atoms with van der Waals surface area (Å²) < 4.78 is 5.56. The molecule has 28 heavy (non-hydrogen) atoms. The van der Waals surface area contributed by atoms with E-state index >= 15 is 0 Å². The second kappa shape index (κ2) is 11.3. The quantitative estimate of drug-likeness (QED) is 0.459. The van der Waals surface area contributed by atoms with Crippen molar-refractivity contribution in [3.05, 3.63) is 35.4 Å². The Morgan fingerprint density at radius 1 is 1.21 bits per heavy atom. The molecule has 7 heteroatoms. The van der Waals surface area contributed by atoms with Crippen molar-refractivity contribution >= 4 is 23.6 Å². The molecular formula is C21H32N4O2S. The molecule has 0 saturated carbocycles. The summed E-state index contributed by atoms with van der Waals surface area (Å²) in [4.78, 5) is 17.1. The predicted molar refractivity (Wildman–Crippen MR) is 116 cm³/mol. The fraction of sp³-hybridized carbons (Fsp3) is 0.619. The average molecular weight is 405 g/mol. The van der Waals surface area contributed by atoms with Gasteiger partial charge in [-0.05, 0) is 56.1 Å². The van der Waals surface area contributed by atoms with Crippen molar-refractivity contribution in [2.24, 2.45) is 4.99 Å². The number of carbonyl (C=O) groups is 1. The lowest BCUT2D eigenvalue weighted by molar-refractivity contribution is 0.0857. The molecule has 3 N–H and O–H groups in total. The van der Waals surface area contributed by atoms with Crippen LogP contribution >= 0.6 is 11.8 Å². The fourth-order valence-corrected chi connectivity index (χ4v) is 4.65. The van der Waals surface area contributed by atoms with Crippen molar-refractivity contribution in [3.8, 4) is 0 Å². The minimum atomic E-state index is -0.0513. The Balaban J connectivity index is 1.52. The van der Waals surface area contributed by atoms with Gasteiger partial charge in [0.1, 0.15) is 0 Å². The van der Waals surface area contributed by atoms with E-state index in [0.29, 0.717) is 23.9 Å². The molecule has 154 valence electrons. The highest BCUT2D eigenvalue weighted by Crippen LogP contribution is 2.25. The highest BCUT2D eigenvalue weighted by molar-refractivity contribution is 8.00. The van der Waals surface area contributed by atoms with Crippen LogP contribution in [0.25, 0.3) is 0 Å². The van der Waals surface area contributed by atoms with Crippen molar-refractivity contribution in [3.63, 3.8) is 0 Å². The van der Waals surface area contributed by atoms with E-state index in [-0.39, 0.29) is 12.0 Å². The number of guanidine groups is 1. The van der Waals surface area contributed by atoms with Crippen LogP contribution in [0.5, 0.6) is 0 Å². The summed E-state index contributed by atoms with van der Waals surface area (Å²) in [6.07, 6.45) is 4.85. The maximum atomic E-state index is 12.4. The molecule has 0 spiro atoms. The predicted octanol–water partition coefficient (Wildman–Crippen LogP) is 2.55. The van der Waals surface area contributed by atoms with E-state index in [1.165, 1.54) is 18.6 Å². The SMILES string of the molecule is CCNC(=NCc1cccc(C(=O)NCC2CCCO2)c1)NCC1CCCS1. The lowest BCUT2D eigenvalue weighted by atomic mass is 10.1. The molecule has 0 radical (unpaired) electrons. The molecule has 2 saturated heterocycles. The van der Waals surface area contributed by atoms with Gasteiger partial charge in [0.15, 0.2) is 5.96 Å². The van der Waals surface area contributed by atoms with E-state index in [1.54, 1.807) is 0 Å². The van der Waals surface area contributed by atoms with Gasteiger partial charge < -0.3 is 20.7 Å². The molecule has 0 bridgehead atoms. The zero-order chi connectivity index (χ0) is 19.6. The summed E-state index contributed by atoms with van der Waals surface area (Å²) in [7, 11) is 0. The Morgan fingerprint density at radius 3 is 2.89 bits per heavy atom. The number of nitrogens with one attached hydrogen (secondary N) is 3. The number of thioether (sulfide) groups is 1. The molecule has 1 aromatic carbocycles. The summed E-state index contributed by atoms with van der Waals surface area (Å²) in [6.45, 7) is 5.77. The molecule has 2 atom stereocenters. The number of aliphatic imine (C=N–C) groups is 1. The monoisotopic (exact) mass is 404 g/mol. The number of carbonyl (C=O) groups excluding carboxylic acids is 1. The molecule has 2 fully saturated rings. The first-order valence-electron chi connectivity index (χ1n) is 10.4. The molecule has 2 aliphatic rings. The van der Waals surface area contributed by atoms with Gasteiger partial charge in [-0.15, -0.1) is 0 Å². The van der Waals surface area contributed by atoms with Crippen LogP contribution < -0.4 is 16.0 Å². The molecule has 2 heterocycles. The smallest absolute Gasteiger partial charge is 0.251 e. The normalized spacial score (nSPS) is 22.2. The van der Waals surface area contributed by atoms with Crippen LogP contribution in [0.3, 0.4) is 0 Å². The number of benzene rings is 1. The summed E-state index contributed by atoms with van der Waals surface area (Å²) in [6, 6.07) is 7.70. The largest absolute Gasteiger partial charge is 0.376 e. The van der Waals surface area contributed by atoms with Crippen LogP contribution in [-0.4, -0.2) is 55.2 Å². The van der Waals surface area contributed by atoms with Crippen LogP contribution in [0.1, 0.15) is 48.5 Å². The van der Waals surface area contributed by atoms with Gasteiger partial charge in [0.05, 0.1) is 12.6 Å². The zero-order valence-electron chi connectivity index (χ0n) is 16.7. The number of ether oxygens (including phenoxy) is 1. The van der Waals surface area contributed by atoms with E-state index in [9.17, 15) is 4.79 Å². The van der Waals surface area contributed by atoms with E-state index in [1.807, 2.05) is 36.0 Å². The molecule has 1 aromatic rings. The lowest BCUT2D eigenvalue weighted by Crippen LogP contribution is -2.40. The maximum absolute atomic E-state index is 12.4. The Hall–Kier alpha value is -1.73. The average Bonchev–Trinajstić information content (AvgIpc) is 3.42. The van der Waals surface area contributed by atoms with Gasteiger partial charge in [-0.1, -0.05) is 12.1 Å². The van der Waals surface area contributed by atoms with Gasteiger partial charge in [-0.3, -0.25) is 4.79 Å². The van der Waals surface area contributed by atoms with E-state index in [2.05, 4.69) is 27.9 Å². The van der Waals surface area contributed by atoms with E-state index < -0.39 is 0 Å². The van der Waals surface area contributed by atoms with Crippen molar-refractivity contribution in [2.75, 3.05) is 32.0 Å². The molecule has 0 aliphatic carbocycles. The van der Waals surface area contributed by atoms with Crippen LogP contribution in [0.4, 0.5) is 0 Å². The minimum Gasteiger partial charge on any atom is -0.376 e. The second-order valence-corrected chi connectivity index (χ2v) is 8.66. The fourth-order valence-electron chi connectivity index (χ4n) is 3.45. The summed E-state index contributed by atoms with van der Waals surface area (Å²) in [5, 5.41) is 10.4. The third-order valence-corrected chi connectivity index (χ3v) is 6.39. The van der Waals surface area contributed by atoms with E-state index in [4.69, 9.17) is 4.74 Å². The third kappa shape index (κ3) is 6.71. The minimum absolute atomic E-state index is 0.0513. The zero-order valence-corrected chi connectivity index (χ0v) is 17.5. The first kappa shape index (κ1) is 21.0. The first-order valence-corrected chi connectivity index (χ1v) is 11.4. The van der Waals surface area contributed by atoms with E-state index in [0.717, 1.165) is 44.1 Å².